The molecule has 6 nitrogen and oxygen atoms in total. The maximum absolute atomic E-state index is 13.9. The van der Waals surface area contributed by atoms with Gasteiger partial charge in [-0.05, 0) is 54.6 Å². The Balaban J connectivity index is 1.62. The lowest BCUT2D eigenvalue weighted by molar-refractivity contribution is -0.113. The number of carbonyl (C=O) groups excluding carboxylic acids is 1. The molecule has 1 N–H and O–H groups in total. The van der Waals surface area contributed by atoms with Crippen molar-refractivity contribution in [3.8, 4) is 28.4 Å². The van der Waals surface area contributed by atoms with Crippen LogP contribution in [0.4, 0.5) is 18.9 Å². The number of carbonyl (C=O) groups is 1. The Labute approximate surface area is 203 Å². The van der Waals surface area contributed by atoms with E-state index in [2.05, 4.69) is 10.3 Å². The van der Waals surface area contributed by atoms with E-state index >= 15 is 0 Å². The molecule has 4 aromatic rings. The van der Waals surface area contributed by atoms with E-state index in [0.717, 1.165) is 35.5 Å². The van der Waals surface area contributed by atoms with Crippen LogP contribution in [0, 0.1) is 17.5 Å². The summed E-state index contributed by atoms with van der Waals surface area (Å²) in [5.74, 6) is -1.38. The molecule has 0 unspecified atom stereocenters. The molecule has 0 atom stereocenters. The van der Waals surface area contributed by atoms with E-state index in [-0.39, 0.29) is 17.3 Å². The lowest BCUT2D eigenvalue weighted by Crippen LogP contribution is -2.15. The van der Waals surface area contributed by atoms with Crippen molar-refractivity contribution in [3.05, 3.63) is 84.3 Å². The third kappa shape index (κ3) is 5.60. The molecule has 1 amide bonds. The number of ether oxygens (including phenoxy) is 2. The molecule has 3 aromatic carbocycles. The van der Waals surface area contributed by atoms with Crippen LogP contribution in [0.25, 0.3) is 16.9 Å². The van der Waals surface area contributed by atoms with Crippen molar-refractivity contribution in [3.63, 3.8) is 0 Å². The lowest BCUT2D eigenvalue weighted by atomic mass is 10.1. The molecule has 0 aliphatic rings. The third-order valence-electron chi connectivity index (χ3n) is 4.99. The van der Waals surface area contributed by atoms with Crippen LogP contribution in [0.5, 0.6) is 11.5 Å². The van der Waals surface area contributed by atoms with Crippen molar-refractivity contribution < 1.29 is 27.4 Å². The molecule has 10 heteroatoms. The zero-order chi connectivity index (χ0) is 24.9. The zero-order valence-electron chi connectivity index (χ0n) is 18.7. The molecule has 0 radical (unpaired) electrons. The van der Waals surface area contributed by atoms with Crippen LogP contribution in [0.15, 0.2) is 72.0 Å². The number of halogens is 3. The van der Waals surface area contributed by atoms with E-state index < -0.39 is 17.5 Å². The number of thioether (sulfide) groups is 1. The van der Waals surface area contributed by atoms with E-state index in [4.69, 9.17) is 9.47 Å². The van der Waals surface area contributed by atoms with Gasteiger partial charge in [0.1, 0.15) is 17.5 Å². The van der Waals surface area contributed by atoms with Gasteiger partial charge in [-0.2, -0.15) is 0 Å². The average molecular weight is 500 g/mol. The largest absolute Gasteiger partial charge is 0.493 e. The van der Waals surface area contributed by atoms with Crippen molar-refractivity contribution in [2.75, 3.05) is 25.3 Å². The molecule has 0 saturated heterocycles. The number of nitrogens with one attached hydrogen (secondary N) is 1. The van der Waals surface area contributed by atoms with Crippen molar-refractivity contribution in [2.45, 2.75) is 5.16 Å². The molecule has 1 aromatic heterocycles. The summed E-state index contributed by atoms with van der Waals surface area (Å²) in [5.41, 5.74) is 1.69. The molecule has 0 saturated carbocycles. The highest BCUT2D eigenvalue weighted by Crippen LogP contribution is 2.34. The number of methoxy groups -OCH3 is 2. The Bertz CT molecular complexity index is 1360. The average Bonchev–Trinajstić information content (AvgIpc) is 3.29. The molecular formula is C25H20F3N3O3S. The molecule has 4 rings (SSSR count). The Morgan fingerprint density at radius 1 is 0.943 bits per heavy atom. The highest BCUT2D eigenvalue weighted by Gasteiger charge is 2.16. The summed E-state index contributed by atoms with van der Waals surface area (Å²) in [6.07, 6.45) is 1.75. The topological polar surface area (TPSA) is 65.4 Å². The first-order valence-electron chi connectivity index (χ1n) is 10.3. The van der Waals surface area contributed by atoms with Crippen LogP contribution in [-0.4, -0.2) is 35.4 Å². The normalized spacial score (nSPS) is 10.8. The summed E-state index contributed by atoms with van der Waals surface area (Å²) in [4.78, 5) is 17.1. The highest BCUT2D eigenvalue weighted by molar-refractivity contribution is 7.99. The monoisotopic (exact) mass is 499 g/mol. The Hall–Kier alpha value is -3.92. The van der Waals surface area contributed by atoms with Gasteiger partial charge in [-0.25, -0.2) is 18.2 Å². The smallest absolute Gasteiger partial charge is 0.234 e. The van der Waals surface area contributed by atoms with Gasteiger partial charge in [0.2, 0.25) is 5.91 Å². The molecule has 180 valence electrons. The van der Waals surface area contributed by atoms with E-state index in [1.165, 1.54) is 26.4 Å². The second-order valence-electron chi connectivity index (χ2n) is 7.29. The van der Waals surface area contributed by atoms with Crippen LogP contribution in [0.3, 0.4) is 0 Å². The fraction of sp³-hybridized carbons (Fsp3) is 0.120. The molecule has 0 spiro atoms. The minimum atomic E-state index is -0.742. The summed E-state index contributed by atoms with van der Waals surface area (Å²) in [6.45, 7) is 0. The predicted molar refractivity (Wildman–Crippen MR) is 128 cm³/mol. The van der Waals surface area contributed by atoms with Crippen LogP contribution in [0.1, 0.15) is 0 Å². The first kappa shape index (κ1) is 24.2. The van der Waals surface area contributed by atoms with Crippen molar-refractivity contribution in [1.82, 2.24) is 9.55 Å². The van der Waals surface area contributed by atoms with Gasteiger partial charge in [-0.3, -0.25) is 9.36 Å². The molecular weight excluding hydrogens is 479 g/mol. The number of aromatic nitrogens is 2. The summed E-state index contributed by atoms with van der Waals surface area (Å²) >= 11 is 1.09. The maximum Gasteiger partial charge on any atom is 0.234 e. The van der Waals surface area contributed by atoms with Crippen molar-refractivity contribution in [1.29, 1.82) is 0 Å². The summed E-state index contributed by atoms with van der Waals surface area (Å²) in [7, 11) is 3.07. The van der Waals surface area contributed by atoms with Gasteiger partial charge < -0.3 is 14.8 Å². The van der Waals surface area contributed by atoms with E-state index in [0.29, 0.717) is 28.0 Å². The number of rotatable bonds is 8. The van der Waals surface area contributed by atoms with Gasteiger partial charge in [0, 0.05) is 23.5 Å². The first-order valence-corrected chi connectivity index (χ1v) is 11.3. The first-order chi connectivity index (χ1) is 16.9. The van der Waals surface area contributed by atoms with Gasteiger partial charge >= 0.3 is 0 Å². The molecule has 35 heavy (non-hydrogen) atoms. The van der Waals surface area contributed by atoms with E-state index in [1.54, 1.807) is 35.0 Å². The minimum absolute atomic E-state index is 0.125. The van der Waals surface area contributed by atoms with Gasteiger partial charge in [0.15, 0.2) is 16.7 Å². The van der Waals surface area contributed by atoms with Crippen LogP contribution in [0.2, 0.25) is 0 Å². The van der Waals surface area contributed by atoms with Crippen LogP contribution in [-0.2, 0) is 4.79 Å². The number of benzene rings is 3. The number of nitrogens with zero attached hydrogens (tertiary/aromatic N) is 2. The zero-order valence-corrected chi connectivity index (χ0v) is 19.5. The Morgan fingerprint density at radius 3 is 2.37 bits per heavy atom. The number of imidazole rings is 1. The predicted octanol–water partition coefficient (Wildman–Crippen LogP) is 5.70. The summed E-state index contributed by atoms with van der Waals surface area (Å²) in [5, 5.41) is 2.80. The lowest BCUT2D eigenvalue weighted by Gasteiger charge is -2.08. The quantitative estimate of drug-likeness (QED) is 0.315. The highest BCUT2D eigenvalue weighted by atomic mass is 32.2. The molecule has 0 fully saturated rings. The van der Waals surface area contributed by atoms with Crippen LogP contribution >= 0.6 is 11.8 Å². The van der Waals surface area contributed by atoms with Gasteiger partial charge in [-0.1, -0.05) is 11.8 Å². The minimum Gasteiger partial charge on any atom is -0.493 e. The molecule has 0 aliphatic carbocycles. The fourth-order valence-electron chi connectivity index (χ4n) is 3.30. The SMILES string of the molecule is COc1ccc(-c2cn(-c3ccc(F)cc3)c(SCC(=O)Nc3cc(F)ccc3F)n2)cc1OC. The number of amides is 1. The van der Waals surface area contributed by atoms with Gasteiger partial charge in [0.05, 0.1) is 31.4 Å². The summed E-state index contributed by atoms with van der Waals surface area (Å²) < 4.78 is 53.1. The molecule has 0 bridgehead atoms. The number of hydrogen-bond acceptors (Lipinski definition) is 5. The molecule has 1 heterocycles. The van der Waals surface area contributed by atoms with Gasteiger partial charge in [-0.15, -0.1) is 0 Å². The Kier molecular flexibility index (Phi) is 7.31. The van der Waals surface area contributed by atoms with E-state index in [9.17, 15) is 18.0 Å². The van der Waals surface area contributed by atoms with Crippen molar-refractivity contribution >= 4 is 23.4 Å². The standard InChI is InChI=1S/C25H20F3N3O3S/c1-33-22-10-3-15(11-23(22)34-2)21-13-31(18-7-4-16(26)5-8-18)25(30-21)35-14-24(32)29-20-12-17(27)6-9-19(20)28/h3-13H,14H2,1-2H3,(H,29,32). The van der Waals surface area contributed by atoms with Gasteiger partial charge in [0.25, 0.3) is 0 Å². The number of hydrogen-bond donors (Lipinski definition) is 1. The third-order valence-corrected chi connectivity index (χ3v) is 5.95. The summed E-state index contributed by atoms with van der Waals surface area (Å²) in [6, 6.07) is 14.0. The van der Waals surface area contributed by atoms with Crippen LogP contribution < -0.4 is 14.8 Å². The van der Waals surface area contributed by atoms with E-state index in [1.807, 2.05) is 6.07 Å². The molecule has 0 aliphatic heterocycles. The van der Waals surface area contributed by atoms with Crippen molar-refractivity contribution in [2.24, 2.45) is 0 Å². The fourth-order valence-corrected chi connectivity index (χ4v) is 4.09. The second kappa shape index (κ2) is 10.6. The second-order valence-corrected chi connectivity index (χ2v) is 8.23. The maximum atomic E-state index is 13.9. The Morgan fingerprint density at radius 2 is 1.66 bits per heavy atom. The number of anilines is 1.